The number of halogens is 1. The summed E-state index contributed by atoms with van der Waals surface area (Å²) in [5.74, 6) is 1.19. The van der Waals surface area contributed by atoms with Crippen LogP contribution in [0.4, 0.5) is 4.39 Å². The quantitative estimate of drug-likeness (QED) is 0.362. The van der Waals surface area contributed by atoms with Crippen molar-refractivity contribution in [2.45, 2.75) is 19.6 Å². The highest BCUT2D eigenvalue weighted by Crippen LogP contribution is 2.20. The zero-order chi connectivity index (χ0) is 21.1. The topological polar surface area (TPSA) is 64.1 Å². The van der Waals surface area contributed by atoms with E-state index in [-0.39, 0.29) is 11.9 Å². The van der Waals surface area contributed by atoms with Gasteiger partial charge in [-0.25, -0.2) is 4.39 Å². The van der Waals surface area contributed by atoms with E-state index in [1.807, 2.05) is 25.1 Å². The number of nitrogens with one attached hydrogen (secondary N) is 2. The first-order valence-corrected chi connectivity index (χ1v) is 9.51. The van der Waals surface area contributed by atoms with Gasteiger partial charge in [-0.1, -0.05) is 24.3 Å². The van der Waals surface area contributed by atoms with Crippen molar-refractivity contribution >= 4 is 5.96 Å². The Morgan fingerprint density at radius 2 is 1.83 bits per heavy atom. The molecule has 6 nitrogen and oxygen atoms in total. The Labute approximate surface area is 172 Å². The van der Waals surface area contributed by atoms with Gasteiger partial charge in [0.2, 0.25) is 0 Å². The number of methoxy groups -OCH3 is 2. The zero-order valence-electron chi connectivity index (χ0n) is 17.5. The highest BCUT2D eigenvalue weighted by molar-refractivity contribution is 5.79. The highest BCUT2D eigenvalue weighted by Gasteiger charge is 2.12. The van der Waals surface area contributed by atoms with Crippen LogP contribution >= 0.6 is 0 Å². The lowest BCUT2D eigenvalue weighted by atomic mass is 10.1. The predicted octanol–water partition coefficient (Wildman–Crippen LogP) is 3.21. The fourth-order valence-electron chi connectivity index (χ4n) is 2.78. The molecule has 0 aliphatic carbocycles. The molecule has 0 spiro atoms. The molecule has 158 valence electrons. The van der Waals surface area contributed by atoms with E-state index in [9.17, 15) is 4.39 Å². The molecule has 2 rings (SSSR count). The van der Waals surface area contributed by atoms with E-state index < -0.39 is 0 Å². The molecule has 0 saturated heterocycles. The second kappa shape index (κ2) is 12.0. The lowest BCUT2D eigenvalue weighted by molar-refractivity contribution is 0.106. The molecular weight excluding hydrogens is 373 g/mol. The van der Waals surface area contributed by atoms with Crippen LogP contribution in [0.15, 0.2) is 47.5 Å². The normalized spacial score (nSPS) is 12.5. The number of benzene rings is 2. The van der Waals surface area contributed by atoms with Gasteiger partial charge in [-0.2, -0.15) is 0 Å². The van der Waals surface area contributed by atoms with Crippen molar-refractivity contribution < 1.29 is 18.6 Å². The number of ether oxygens (including phenoxy) is 3. The summed E-state index contributed by atoms with van der Waals surface area (Å²) in [4.78, 5) is 4.26. The molecule has 0 aromatic heterocycles. The standard InChI is InChI=1S/C22H30FN3O3/c1-16-5-6-18(20(13-16)29-12-11-27-3)14-25-22(24-2)26-15-21(28-4)17-7-9-19(23)10-8-17/h5-10,13,21H,11-12,14-15H2,1-4H3,(H2,24,25,26). The molecule has 2 N–H and O–H groups in total. The highest BCUT2D eigenvalue weighted by atomic mass is 19.1. The van der Waals surface area contributed by atoms with Crippen LogP contribution in [-0.4, -0.2) is 47.0 Å². The third-order valence-electron chi connectivity index (χ3n) is 4.42. The van der Waals surface area contributed by atoms with Gasteiger partial charge in [-0.15, -0.1) is 0 Å². The monoisotopic (exact) mass is 403 g/mol. The largest absolute Gasteiger partial charge is 0.491 e. The molecule has 2 aromatic rings. The Hall–Kier alpha value is -2.64. The van der Waals surface area contributed by atoms with E-state index >= 15 is 0 Å². The van der Waals surface area contributed by atoms with Crippen molar-refractivity contribution in [2.24, 2.45) is 4.99 Å². The summed E-state index contributed by atoms with van der Waals surface area (Å²) in [5, 5.41) is 6.53. The number of rotatable bonds is 10. The summed E-state index contributed by atoms with van der Waals surface area (Å²) < 4.78 is 29.5. The van der Waals surface area contributed by atoms with Gasteiger partial charge in [0.05, 0.1) is 12.7 Å². The molecule has 1 unspecified atom stereocenters. The van der Waals surface area contributed by atoms with Gasteiger partial charge in [0, 0.05) is 39.9 Å². The first-order valence-electron chi connectivity index (χ1n) is 9.51. The van der Waals surface area contributed by atoms with E-state index in [1.54, 1.807) is 33.4 Å². The van der Waals surface area contributed by atoms with Crippen LogP contribution in [0.5, 0.6) is 5.75 Å². The van der Waals surface area contributed by atoms with Crippen molar-refractivity contribution in [1.82, 2.24) is 10.6 Å². The molecule has 0 heterocycles. The van der Waals surface area contributed by atoms with E-state index in [0.29, 0.717) is 32.3 Å². The Morgan fingerprint density at radius 3 is 2.48 bits per heavy atom. The SMILES string of the molecule is CN=C(NCc1ccc(C)cc1OCCOC)NCC(OC)c1ccc(F)cc1. The average molecular weight is 403 g/mol. The maximum atomic E-state index is 13.1. The third kappa shape index (κ3) is 7.36. The Morgan fingerprint density at radius 1 is 1.07 bits per heavy atom. The summed E-state index contributed by atoms with van der Waals surface area (Å²) in [5.41, 5.74) is 3.05. The Balaban J connectivity index is 1.94. The minimum absolute atomic E-state index is 0.221. The summed E-state index contributed by atoms with van der Waals surface area (Å²) in [6, 6.07) is 12.4. The van der Waals surface area contributed by atoms with E-state index in [0.717, 1.165) is 22.4 Å². The molecule has 1 atom stereocenters. The first-order chi connectivity index (χ1) is 14.1. The molecule has 2 aromatic carbocycles. The van der Waals surface area contributed by atoms with Crippen LogP contribution in [0.3, 0.4) is 0 Å². The summed E-state index contributed by atoms with van der Waals surface area (Å²) in [6.45, 7) is 4.10. The van der Waals surface area contributed by atoms with Gasteiger partial charge in [0.25, 0.3) is 0 Å². The molecule has 7 heteroatoms. The predicted molar refractivity (Wildman–Crippen MR) is 113 cm³/mol. The van der Waals surface area contributed by atoms with Crippen LogP contribution in [0, 0.1) is 12.7 Å². The summed E-state index contributed by atoms with van der Waals surface area (Å²) in [6.07, 6.45) is -0.221. The fourth-order valence-corrected chi connectivity index (χ4v) is 2.78. The maximum Gasteiger partial charge on any atom is 0.191 e. The minimum atomic E-state index is -0.268. The van der Waals surface area contributed by atoms with Gasteiger partial charge in [-0.05, 0) is 36.2 Å². The van der Waals surface area contributed by atoms with Crippen LogP contribution < -0.4 is 15.4 Å². The molecule has 0 radical (unpaired) electrons. The van der Waals surface area contributed by atoms with Crippen molar-refractivity contribution in [2.75, 3.05) is 41.0 Å². The maximum absolute atomic E-state index is 13.1. The van der Waals surface area contributed by atoms with Gasteiger partial charge in [-0.3, -0.25) is 4.99 Å². The average Bonchev–Trinajstić information content (AvgIpc) is 2.73. The molecule has 0 fully saturated rings. The summed E-state index contributed by atoms with van der Waals surface area (Å²) >= 11 is 0. The van der Waals surface area contributed by atoms with E-state index in [4.69, 9.17) is 14.2 Å². The lowest BCUT2D eigenvalue weighted by Gasteiger charge is -2.19. The zero-order valence-corrected chi connectivity index (χ0v) is 17.5. The van der Waals surface area contributed by atoms with E-state index in [2.05, 4.69) is 15.6 Å². The molecule has 0 amide bonds. The summed E-state index contributed by atoms with van der Waals surface area (Å²) in [7, 11) is 4.99. The van der Waals surface area contributed by atoms with Crippen molar-refractivity contribution in [3.8, 4) is 5.75 Å². The lowest BCUT2D eigenvalue weighted by Crippen LogP contribution is -2.39. The second-order valence-electron chi connectivity index (χ2n) is 6.54. The molecular formula is C22H30FN3O3. The van der Waals surface area contributed by atoms with Gasteiger partial charge in [0.1, 0.15) is 18.2 Å². The minimum Gasteiger partial charge on any atom is -0.491 e. The first kappa shape index (κ1) is 22.6. The van der Waals surface area contributed by atoms with Crippen LogP contribution in [0.25, 0.3) is 0 Å². The molecule has 29 heavy (non-hydrogen) atoms. The Bertz CT molecular complexity index is 781. The van der Waals surface area contributed by atoms with Gasteiger partial charge in [0.15, 0.2) is 5.96 Å². The number of nitrogens with zero attached hydrogens (tertiary/aromatic N) is 1. The molecule has 0 aliphatic rings. The number of aryl methyl sites for hydroxylation is 1. The number of aliphatic imine (C=N–C) groups is 1. The van der Waals surface area contributed by atoms with Crippen LogP contribution in [0.1, 0.15) is 22.8 Å². The molecule has 0 aliphatic heterocycles. The van der Waals surface area contributed by atoms with Crippen LogP contribution in [0.2, 0.25) is 0 Å². The van der Waals surface area contributed by atoms with Gasteiger partial charge < -0.3 is 24.8 Å². The van der Waals surface area contributed by atoms with Crippen molar-refractivity contribution in [1.29, 1.82) is 0 Å². The fraction of sp³-hybridized carbons (Fsp3) is 0.409. The van der Waals surface area contributed by atoms with Crippen molar-refractivity contribution in [3.05, 3.63) is 65.0 Å². The van der Waals surface area contributed by atoms with Crippen molar-refractivity contribution in [3.63, 3.8) is 0 Å². The third-order valence-corrected chi connectivity index (χ3v) is 4.42. The van der Waals surface area contributed by atoms with Crippen LogP contribution in [-0.2, 0) is 16.0 Å². The van der Waals surface area contributed by atoms with Gasteiger partial charge >= 0.3 is 0 Å². The Kier molecular flexibility index (Phi) is 9.40. The molecule has 0 bridgehead atoms. The molecule has 0 saturated carbocycles. The number of guanidine groups is 1. The van der Waals surface area contributed by atoms with E-state index in [1.165, 1.54) is 12.1 Å². The number of hydrogen-bond donors (Lipinski definition) is 2. The number of hydrogen-bond acceptors (Lipinski definition) is 4. The smallest absolute Gasteiger partial charge is 0.191 e. The second-order valence-corrected chi connectivity index (χ2v) is 6.54.